The lowest BCUT2D eigenvalue weighted by atomic mass is 9.85. The number of phenols is 1. The van der Waals surface area contributed by atoms with Gasteiger partial charge in [-0.05, 0) is 25.0 Å². The summed E-state index contributed by atoms with van der Waals surface area (Å²) in [6.07, 6.45) is 3.91. The normalized spacial score (nSPS) is 23.0. The van der Waals surface area contributed by atoms with E-state index < -0.39 is 0 Å². The van der Waals surface area contributed by atoms with Crippen LogP contribution in [0.15, 0.2) is 18.2 Å². The lowest BCUT2D eigenvalue weighted by Gasteiger charge is -2.30. The summed E-state index contributed by atoms with van der Waals surface area (Å²) in [4.78, 5) is 12.1. The van der Waals surface area contributed by atoms with Gasteiger partial charge in [0.05, 0.1) is 11.3 Å². The van der Waals surface area contributed by atoms with E-state index >= 15 is 0 Å². The molecule has 0 bridgehead atoms. The van der Waals surface area contributed by atoms with E-state index in [0.29, 0.717) is 0 Å². The maximum Gasteiger partial charge on any atom is 0.255 e. The molecular formula is C14H20N2O3. The minimum atomic E-state index is -0.338. The number of hydrogen-bond donors (Lipinski definition) is 4. The fraction of sp³-hybridized carbons (Fsp3) is 0.500. The molecule has 104 valence electrons. The second-order valence-electron chi connectivity index (χ2n) is 5.05. The van der Waals surface area contributed by atoms with Gasteiger partial charge in [0.25, 0.3) is 5.91 Å². The molecule has 2 atom stereocenters. The molecule has 0 heterocycles. The first kappa shape index (κ1) is 13.7. The Balaban J connectivity index is 2.09. The molecule has 2 rings (SSSR count). The van der Waals surface area contributed by atoms with Gasteiger partial charge in [0, 0.05) is 18.6 Å². The molecule has 1 saturated carbocycles. The van der Waals surface area contributed by atoms with Crippen molar-refractivity contribution >= 4 is 11.6 Å². The molecule has 1 aliphatic rings. The Labute approximate surface area is 112 Å². The van der Waals surface area contributed by atoms with Crippen LogP contribution in [-0.2, 0) is 0 Å². The summed E-state index contributed by atoms with van der Waals surface area (Å²) < 4.78 is 0. The summed E-state index contributed by atoms with van der Waals surface area (Å²) in [7, 11) is 0. The molecule has 1 aromatic carbocycles. The second kappa shape index (κ2) is 5.93. The summed E-state index contributed by atoms with van der Waals surface area (Å²) in [6, 6.07) is 4.68. The van der Waals surface area contributed by atoms with E-state index in [0.717, 1.165) is 25.7 Å². The molecule has 1 fully saturated rings. The van der Waals surface area contributed by atoms with Crippen molar-refractivity contribution in [2.24, 2.45) is 5.92 Å². The highest BCUT2D eigenvalue weighted by Crippen LogP contribution is 2.27. The number of para-hydroxylation sites is 1. The first-order valence-corrected chi connectivity index (χ1v) is 6.62. The Morgan fingerprint density at radius 2 is 2.11 bits per heavy atom. The minimum absolute atomic E-state index is 0.0351. The van der Waals surface area contributed by atoms with Gasteiger partial charge >= 0.3 is 0 Å². The molecule has 1 aliphatic carbocycles. The van der Waals surface area contributed by atoms with E-state index in [2.05, 4.69) is 5.32 Å². The highest BCUT2D eigenvalue weighted by molar-refractivity contribution is 5.98. The summed E-state index contributed by atoms with van der Waals surface area (Å²) in [6.45, 7) is 0.0772. The van der Waals surface area contributed by atoms with Crippen LogP contribution < -0.4 is 11.1 Å². The third-order valence-electron chi connectivity index (χ3n) is 3.77. The SMILES string of the molecule is Nc1cccc(C(=O)NC2CCCCC2CO)c1O. The van der Waals surface area contributed by atoms with Crippen LogP contribution in [-0.4, -0.2) is 28.8 Å². The molecule has 5 nitrogen and oxygen atoms in total. The molecule has 0 aromatic heterocycles. The van der Waals surface area contributed by atoms with Gasteiger partial charge in [-0.25, -0.2) is 0 Å². The number of hydrogen-bond acceptors (Lipinski definition) is 4. The van der Waals surface area contributed by atoms with Crippen molar-refractivity contribution in [3.05, 3.63) is 23.8 Å². The number of benzene rings is 1. The van der Waals surface area contributed by atoms with E-state index in [1.807, 2.05) is 0 Å². The van der Waals surface area contributed by atoms with Gasteiger partial charge in [0.15, 0.2) is 5.75 Å². The van der Waals surface area contributed by atoms with Gasteiger partial charge < -0.3 is 21.3 Å². The van der Waals surface area contributed by atoms with Crippen LogP contribution >= 0.6 is 0 Å². The van der Waals surface area contributed by atoms with Crippen LogP contribution in [0.1, 0.15) is 36.0 Å². The Bertz CT molecular complexity index is 462. The Morgan fingerprint density at radius 3 is 2.84 bits per heavy atom. The number of phenolic OH excluding ortho intramolecular Hbond substituents is 1. The van der Waals surface area contributed by atoms with E-state index in [9.17, 15) is 15.0 Å². The van der Waals surface area contributed by atoms with E-state index in [4.69, 9.17) is 5.73 Å². The highest BCUT2D eigenvalue weighted by Gasteiger charge is 2.26. The summed E-state index contributed by atoms with van der Waals surface area (Å²) in [5.41, 5.74) is 5.95. The van der Waals surface area contributed by atoms with Crippen molar-refractivity contribution < 1.29 is 15.0 Å². The molecular weight excluding hydrogens is 244 g/mol. The zero-order valence-corrected chi connectivity index (χ0v) is 10.8. The first-order chi connectivity index (χ1) is 9.13. The average Bonchev–Trinajstić information content (AvgIpc) is 2.42. The quantitative estimate of drug-likeness (QED) is 0.488. The number of amides is 1. The Morgan fingerprint density at radius 1 is 1.37 bits per heavy atom. The largest absolute Gasteiger partial charge is 0.505 e. The molecule has 1 aromatic rings. The lowest BCUT2D eigenvalue weighted by molar-refractivity contribution is 0.0870. The van der Waals surface area contributed by atoms with Crippen LogP contribution in [0, 0.1) is 5.92 Å². The van der Waals surface area contributed by atoms with Crippen molar-refractivity contribution in [1.82, 2.24) is 5.32 Å². The highest BCUT2D eigenvalue weighted by atomic mass is 16.3. The number of carbonyl (C=O) groups excluding carboxylic acids is 1. The average molecular weight is 264 g/mol. The molecule has 0 aliphatic heterocycles. The monoisotopic (exact) mass is 264 g/mol. The molecule has 2 unspecified atom stereocenters. The Hall–Kier alpha value is -1.75. The molecule has 1 amide bonds. The zero-order chi connectivity index (χ0) is 13.8. The summed E-state index contributed by atoms with van der Waals surface area (Å²) >= 11 is 0. The Kier molecular flexibility index (Phi) is 4.27. The fourth-order valence-electron chi connectivity index (χ4n) is 2.61. The van der Waals surface area contributed by atoms with E-state index in [1.54, 1.807) is 12.1 Å². The van der Waals surface area contributed by atoms with Crippen molar-refractivity contribution in [2.45, 2.75) is 31.7 Å². The van der Waals surface area contributed by atoms with E-state index in [1.165, 1.54) is 6.07 Å². The maximum atomic E-state index is 12.1. The van der Waals surface area contributed by atoms with Gasteiger partial charge in [-0.3, -0.25) is 4.79 Å². The topological polar surface area (TPSA) is 95.6 Å². The van der Waals surface area contributed by atoms with Gasteiger partial charge in [0.2, 0.25) is 0 Å². The van der Waals surface area contributed by atoms with Crippen LogP contribution in [0.5, 0.6) is 5.75 Å². The number of nitrogens with two attached hydrogens (primary N) is 1. The van der Waals surface area contributed by atoms with Crippen LogP contribution in [0.25, 0.3) is 0 Å². The molecule has 0 radical (unpaired) electrons. The number of nitrogen functional groups attached to an aromatic ring is 1. The standard InChI is InChI=1S/C14H20N2O3/c15-11-6-3-5-10(13(11)18)14(19)16-12-7-2-1-4-9(12)8-17/h3,5-6,9,12,17-18H,1-2,4,7-8,15H2,(H,16,19). The van der Waals surface area contributed by atoms with Crippen molar-refractivity contribution in [3.8, 4) is 5.75 Å². The summed E-state index contributed by atoms with van der Waals surface area (Å²) in [5.74, 6) is -0.424. The predicted octanol–water partition coefficient (Wildman–Crippen LogP) is 1.26. The number of aliphatic hydroxyl groups is 1. The first-order valence-electron chi connectivity index (χ1n) is 6.62. The maximum absolute atomic E-state index is 12.1. The van der Waals surface area contributed by atoms with Gasteiger partial charge in [-0.15, -0.1) is 0 Å². The fourth-order valence-corrected chi connectivity index (χ4v) is 2.61. The van der Waals surface area contributed by atoms with Gasteiger partial charge in [-0.2, -0.15) is 0 Å². The van der Waals surface area contributed by atoms with Crippen LogP contribution in [0.2, 0.25) is 0 Å². The van der Waals surface area contributed by atoms with Crippen molar-refractivity contribution in [2.75, 3.05) is 12.3 Å². The van der Waals surface area contributed by atoms with Gasteiger partial charge in [0.1, 0.15) is 0 Å². The van der Waals surface area contributed by atoms with Crippen LogP contribution in [0.3, 0.4) is 0 Å². The zero-order valence-electron chi connectivity index (χ0n) is 10.8. The molecule has 5 heteroatoms. The summed E-state index contributed by atoms with van der Waals surface area (Å²) in [5, 5.41) is 22.0. The van der Waals surface area contributed by atoms with Crippen LogP contribution in [0.4, 0.5) is 5.69 Å². The third kappa shape index (κ3) is 2.98. The second-order valence-corrected chi connectivity index (χ2v) is 5.05. The van der Waals surface area contributed by atoms with Gasteiger partial charge in [-0.1, -0.05) is 18.9 Å². The number of rotatable bonds is 3. The van der Waals surface area contributed by atoms with E-state index in [-0.39, 0.29) is 41.5 Å². The predicted molar refractivity (Wildman–Crippen MR) is 72.8 cm³/mol. The molecule has 0 spiro atoms. The minimum Gasteiger partial charge on any atom is -0.505 e. The van der Waals surface area contributed by atoms with Crippen molar-refractivity contribution in [3.63, 3.8) is 0 Å². The molecule has 19 heavy (non-hydrogen) atoms. The molecule has 0 saturated heterocycles. The number of carbonyl (C=O) groups is 1. The number of aliphatic hydroxyl groups excluding tert-OH is 1. The number of anilines is 1. The lowest BCUT2D eigenvalue weighted by Crippen LogP contribution is -2.43. The number of nitrogens with one attached hydrogen (secondary N) is 1. The molecule has 5 N–H and O–H groups in total. The van der Waals surface area contributed by atoms with Crippen molar-refractivity contribution in [1.29, 1.82) is 0 Å². The number of aromatic hydroxyl groups is 1. The smallest absolute Gasteiger partial charge is 0.255 e. The third-order valence-corrected chi connectivity index (χ3v) is 3.77.